The van der Waals surface area contributed by atoms with Crippen LogP contribution in [0.4, 0.5) is 22.0 Å². The molecule has 4 aromatic rings. The van der Waals surface area contributed by atoms with Crippen LogP contribution in [0.2, 0.25) is 0 Å². The van der Waals surface area contributed by atoms with E-state index >= 15 is 0 Å². The Hall–Kier alpha value is -4.48. The summed E-state index contributed by atoms with van der Waals surface area (Å²) in [6, 6.07) is 13.8. The molecule has 1 fully saturated rings. The minimum Gasteiger partial charge on any atom is -0.478 e. The first-order valence-corrected chi connectivity index (χ1v) is 13.2. The highest BCUT2D eigenvalue weighted by atomic mass is 16.5. The van der Waals surface area contributed by atoms with Gasteiger partial charge in [0.05, 0.1) is 18.8 Å². The average molecular weight is 544 g/mol. The number of fused-ring (bicyclic) bond motifs is 1. The molecule has 0 radical (unpaired) electrons. The zero-order valence-electron chi connectivity index (χ0n) is 22.8. The molecular weight excluding hydrogens is 510 g/mol. The van der Waals surface area contributed by atoms with Crippen LogP contribution in [0.25, 0.3) is 16.9 Å². The second-order valence-electron chi connectivity index (χ2n) is 9.96. The molecule has 0 saturated carbocycles. The van der Waals surface area contributed by atoms with E-state index in [1.54, 1.807) is 24.3 Å². The number of amides is 2. The smallest absolute Gasteiger partial charge is 0.335 e. The van der Waals surface area contributed by atoms with Crippen molar-refractivity contribution in [2.45, 2.75) is 19.9 Å². The van der Waals surface area contributed by atoms with E-state index < -0.39 is 12.0 Å². The summed E-state index contributed by atoms with van der Waals surface area (Å²) in [5, 5.41) is 19.7. The fourth-order valence-corrected chi connectivity index (χ4v) is 4.79. The first-order chi connectivity index (χ1) is 19.3. The molecule has 0 atom stereocenters. The molecule has 1 aliphatic heterocycles. The summed E-state index contributed by atoms with van der Waals surface area (Å²) in [6.07, 6.45) is 2.58. The molecule has 1 saturated heterocycles. The van der Waals surface area contributed by atoms with Gasteiger partial charge in [0.15, 0.2) is 11.6 Å². The molecule has 3 N–H and O–H groups in total. The van der Waals surface area contributed by atoms with Crippen molar-refractivity contribution in [2.75, 3.05) is 55.9 Å². The van der Waals surface area contributed by atoms with Crippen LogP contribution in [-0.2, 0) is 17.7 Å². The van der Waals surface area contributed by atoms with Gasteiger partial charge in [-0.25, -0.2) is 19.1 Å². The number of carboxylic acids is 1. The number of carboxylic acid groups (broad SMARTS) is 1. The highest BCUT2D eigenvalue weighted by Crippen LogP contribution is 2.27. The summed E-state index contributed by atoms with van der Waals surface area (Å²) in [6.45, 7) is 5.50. The number of hydrogen-bond donors (Lipinski definition) is 3. The summed E-state index contributed by atoms with van der Waals surface area (Å²) in [7, 11) is 4.07. The maximum Gasteiger partial charge on any atom is 0.335 e. The number of morpholine rings is 1. The number of carbonyl (C=O) groups is 2. The van der Waals surface area contributed by atoms with Gasteiger partial charge in [-0.05, 0) is 80.2 Å². The molecule has 11 nitrogen and oxygen atoms in total. The topological polar surface area (TPSA) is 124 Å². The number of aryl methyl sites for hydroxylation is 1. The Kier molecular flexibility index (Phi) is 7.94. The van der Waals surface area contributed by atoms with Gasteiger partial charge in [0.2, 0.25) is 0 Å². The normalized spacial score (nSPS) is 13.6. The minimum absolute atomic E-state index is 0.232. The van der Waals surface area contributed by atoms with Crippen LogP contribution in [0.3, 0.4) is 0 Å². The van der Waals surface area contributed by atoms with Gasteiger partial charge >= 0.3 is 12.0 Å². The van der Waals surface area contributed by atoms with E-state index in [0.29, 0.717) is 42.4 Å². The maximum absolute atomic E-state index is 12.6. The lowest BCUT2D eigenvalue weighted by Gasteiger charge is -2.28. The Bertz CT molecular complexity index is 1530. The molecule has 0 aliphatic carbocycles. The third-order valence-corrected chi connectivity index (χ3v) is 6.69. The zero-order valence-corrected chi connectivity index (χ0v) is 22.8. The first kappa shape index (κ1) is 27.1. The largest absolute Gasteiger partial charge is 0.478 e. The number of nitrogens with zero attached hydrogens (tertiary/aromatic N) is 5. The molecular formula is C29H33N7O4. The fraction of sp³-hybridized carbons (Fsp3) is 0.310. The predicted molar refractivity (Wildman–Crippen MR) is 154 cm³/mol. The highest BCUT2D eigenvalue weighted by molar-refractivity contribution is 6.00. The van der Waals surface area contributed by atoms with Gasteiger partial charge in [-0.1, -0.05) is 6.92 Å². The molecule has 11 heteroatoms. The van der Waals surface area contributed by atoms with Gasteiger partial charge in [-0.3, -0.25) is 0 Å². The molecule has 3 heterocycles. The van der Waals surface area contributed by atoms with Crippen LogP contribution in [0.1, 0.15) is 28.4 Å². The van der Waals surface area contributed by atoms with Crippen LogP contribution < -0.4 is 15.5 Å². The molecule has 0 unspecified atom stereocenters. The van der Waals surface area contributed by atoms with E-state index in [4.69, 9.17) is 14.8 Å². The second kappa shape index (κ2) is 11.7. The van der Waals surface area contributed by atoms with Gasteiger partial charge in [0.25, 0.3) is 0 Å². The summed E-state index contributed by atoms with van der Waals surface area (Å²) < 4.78 is 7.45. The fourth-order valence-electron chi connectivity index (χ4n) is 4.79. The van der Waals surface area contributed by atoms with E-state index in [1.165, 1.54) is 6.07 Å². The Morgan fingerprint density at radius 2 is 1.73 bits per heavy atom. The van der Waals surface area contributed by atoms with Gasteiger partial charge in [-0.2, -0.15) is 0 Å². The minimum atomic E-state index is -0.987. The van der Waals surface area contributed by atoms with Crippen LogP contribution in [-0.4, -0.2) is 77.0 Å². The zero-order chi connectivity index (χ0) is 28.2. The van der Waals surface area contributed by atoms with Gasteiger partial charge in [0, 0.05) is 42.8 Å². The summed E-state index contributed by atoms with van der Waals surface area (Å²) in [5.74, 6) is 0.474. The molecule has 2 aromatic carbocycles. The summed E-state index contributed by atoms with van der Waals surface area (Å²) in [4.78, 5) is 33.3. The first-order valence-electron chi connectivity index (χ1n) is 13.2. The monoisotopic (exact) mass is 543 g/mol. The number of benzene rings is 2. The third-order valence-electron chi connectivity index (χ3n) is 6.69. The molecule has 2 aromatic heterocycles. The molecule has 0 bridgehead atoms. The lowest BCUT2D eigenvalue weighted by atomic mass is 10.0. The standard InChI is InChI=1S/C29H33N7O4/c1-4-20-16-23(9-10-24(20)28(37)38)31-29(39)30-22-7-5-21(6-8-22)26-32-27(35-11-13-40-14-12-35)25-15-19(17-34(2)3)18-36(25)33-26/h5-10,15-16,18H,4,11-14,17H2,1-3H3,(H,37,38)(H2,30,31,39). The number of aromatic nitrogens is 3. The van der Waals surface area contributed by atoms with E-state index in [1.807, 2.05) is 43.9 Å². The summed E-state index contributed by atoms with van der Waals surface area (Å²) >= 11 is 0. The second-order valence-corrected chi connectivity index (χ2v) is 9.96. The number of anilines is 3. The van der Waals surface area contributed by atoms with E-state index in [-0.39, 0.29) is 5.56 Å². The van der Waals surface area contributed by atoms with Crippen molar-refractivity contribution in [2.24, 2.45) is 0 Å². The average Bonchev–Trinajstić information content (AvgIpc) is 3.34. The van der Waals surface area contributed by atoms with Crippen molar-refractivity contribution in [3.8, 4) is 11.4 Å². The van der Waals surface area contributed by atoms with Crippen LogP contribution in [0, 0.1) is 0 Å². The number of aromatic carboxylic acids is 1. The maximum atomic E-state index is 12.6. The molecule has 0 spiro atoms. The molecule has 1 aliphatic rings. The molecule has 2 amide bonds. The number of rotatable bonds is 8. The van der Waals surface area contributed by atoms with Gasteiger partial charge < -0.3 is 30.3 Å². The van der Waals surface area contributed by atoms with E-state index in [2.05, 4.69) is 26.5 Å². The van der Waals surface area contributed by atoms with Crippen molar-refractivity contribution in [1.82, 2.24) is 19.5 Å². The van der Waals surface area contributed by atoms with Crippen molar-refractivity contribution in [3.05, 3.63) is 71.4 Å². The quantitative estimate of drug-likeness (QED) is 0.302. The molecule has 40 heavy (non-hydrogen) atoms. The van der Waals surface area contributed by atoms with Crippen LogP contribution in [0.15, 0.2) is 54.7 Å². The number of ether oxygens (including phenoxy) is 1. The molecule has 208 valence electrons. The van der Waals surface area contributed by atoms with Gasteiger partial charge in [0.1, 0.15) is 5.52 Å². The lowest BCUT2D eigenvalue weighted by molar-refractivity contribution is 0.0695. The Morgan fingerprint density at radius 1 is 1.02 bits per heavy atom. The van der Waals surface area contributed by atoms with Crippen molar-refractivity contribution in [1.29, 1.82) is 0 Å². The molecule has 5 rings (SSSR count). The van der Waals surface area contributed by atoms with Crippen molar-refractivity contribution < 1.29 is 19.4 Å². The Labute approximate surface area is 232 Å². The SMILES string of the molecule is CCc1cc(NC(=O)Nc2ccc(-c3nc(N4CCOCC4)c4cc(CN(C)C)cn4n3)cc2)ccc1C(=O)O. The van der Waals surface area contributed by atoms with Crippen molar-refractivity contribution >= 4 is 34.7 Å². The van der Waals surface area contributed by atoms with Crippen LogP contribution in [0.5, 0.6) is 0 Å². The third kappa shape index (κ3) is 6.05. The van der Waals surface area contributed by atoms with Gasteiger partial charge in [-0.15, -0.1) is 5.10 Å². The number of carbonyl (C=O) groups excluding carboxylic acids is 1. The number of nitrogens with one attached hydrogen (secondary N) is 2. The Balaban J connectivity index is 1.35. The lowest BCUT2D eigenvalue weighted by Crippen LogP contribution is -2.37. The Morgan fingerprint density at radius 3 is 2.40 bits per heavy atom. The highest BCUT2D eigenvalue weighted by Gasteiger charge is 2.20. The number of hydrogen-bond acceptors (Lipinski definition) is 7. The van der Waals surface area contributed by atoms with E-state index in [0.717, 1.165) is 42.1 Å². The van der Waals surface area contributed by atoms with E-state index in [9.17, 15) is 14.7 Å². The number of urea groups is 1. The van der Waals surface area contributed by atoms with Crippen molar-refractivity contribution in [3.63, 3.8) is 0 Å². The summed E-state index contributed by atoms with van der Waals surface area (Å²) in [5.41, 5.74) is 4.94. The van der Waals surface area contributed by atoms with Crippen LogP contribution >= 0.6 is 0 Å². The predicted octanol–water partition coefficient (Wildman–Crippen LogP) is 4.20.